The van der Waals surface area contributed by atoms with Crippen LogP contribution in [0.2, 0.25) is 0 Å². The summed E-state index contributed by atoms with van der Waals surface area (Å²) in [5, 5.41) is 13.7. The zero-order valence-electron chi connectivity index (χ0n) is 15.6. The number of likely N-dealkylation sites (tertiary alicyclic amines) is 1. The average molecular weight is 361 g/mol. The minimum Gasteiger partial charge on any atom is -0.483 e. The molecule has 144 valence electrons. The lowest BCUT2D eigenvalue weighted by Gasteiger charge is -2.35. The third-order valence-electron chi connectivity index (χ3n) is 5.47. The highest BCUT2D eigenvalue weighted by Crippen LogP contribution is 2.33. The molecule has 6 nitrogen and oxygen atoms in total. The molecule has 3 N–H and O–H groups in total. The molecule has 1 aliphatic carbocycles. The van der Waals surface area contributed by atoms with Gasteiger partial charge in [0.1, 0.15) is 5.54 Å². The van der Waals surface area contributed by atoms with Crippen molar-refractivity contribution in [3.63, 3.8) is 0 Å². The summed E-state index contributed by atoms with van der Waals surface area (Å²) in [6.07, 6.45) is 7.84. The molecular weight excluding hydrogens is 330 g/mol. The molecule has 3 rings (SSSR count). The lowest BCUT2D eigenvalue weighted by atomic mass is 9.95. The van der Waals surface area contributed by atoms with Crippen LogP contribution in [0, 0.1) is 0 Å². The number of carbonyl (C=O) groups is 2. The number of hydrogen-bond acceptors (Lipinski definition) is 4. The molecule has 0 spiro atoms. The van der Waals surface area contributed by atoms with Gasteiger partial charge in [0.05, 0.1) is 0 Å². The third-order valence-corrected chi connectivity index (χ3v) is 5.47. The Labute approximate surface area is 156 Å². The second kappa shape index (κ2) is 10.2. The number of amides is 1. The number of benzene rings is 1. The second-order valence-corrected chi connectivity index (χ2v) is 7.23. The van der Waals surface area contributed by atoms with Gasteiger partial charge in [0.2, 0.25) is 5.91 Å². The summed E-state index contributed by atoms with van der Waals surface area (Å²) >= 11 is 0. The van der Waals surface area contributed by atoms with E-state index in [1.165, 1.54) is 19.3 Å². The lowest BCUT2D eigenvalue weighted by Crippen LogP contribution is -2.54. The molecular formula is C20H31N3O3. The summed E-state index contributed by atoms with van der Waals surface area (Å²) in [6, 6.07) is 10.6. The van der Waals surface area contributed by atoms with Gasteiger partial charge in [-0.25, -0.2) is 0 Å². The molecule has 0 bridgehead atoms. The Balaban J connectivity index is 0.000000758. The molecule has 1 aliphatic heterocycles. The van der Waals surface area contributed by atoms with Gasteiger partial charge in [-0.1, -0.05) is 37.5 Å². The molecule has 1 unspecified atom stereocenters. The van der Waals surface area contributed by atoms with Crippen molar-refractivity contribution in [3.8, 4) is 0 Å². The highest BCUT2D eigenvalue weighted by atomic mass is 16.3. The van der Waals surface area contributed by atoms with Crippen LogP contribution < -0.4 is 10.6 Å². The van der Waals surface area contributed by atoms with Crippen molar-refractivity contribution < 1.29 is 14.7 Å². The maximum absolute atomic E-state index is 12.9. The molecule has 2 aliphatic rings. The molecule has 1 atom stereocenters. The van der Waals surface area contributed by atoms with E-state index in [0.717, 1.165) is 44.5 Å². The summed E-state index contributed by atoms with van der Waals surface area (Å²) in [6.45, 7) is 1.67. The quantitative estimate of drug-likeness (QED) is 0.703. The summed E-state index contributed by atoms with van der Waals surface area (Å²) in [5.41, 5.74) is 0.619. The fraction of sp³-hybridized carbons (Fsp3) is 0.600. The molecule has 1 aromatic rings. The number of rotatable bonds is 5. The monoisotopic (exact) mass is 361 g/mol. The Morgan fingerprint density at radius 3 is 2.50 bits per heavy atom. The predicted octanol–water partition coefficient (Wildman–Crippen LogP) is 2.71. The van der Waals surface area contributed by atoms with Crippen molar-refractivity contribution in [2.45, 2.75) is 56.5 Å². The Morgan fingerprint density at radius 2 is 1.88 bits per heavy atom. The molecule has 0 radical (unpaired) electrons. The number of piperidine rings is 1. The van der Waals surface area contributed by atoms with Crippen molar-refractivity contribution in [2.24, 2.45) is 0 Å². The number of carboxylic acid groups (broad SMARTS) is 1. The maximum Gasteiger partial charge on any atom is 0.290 e. The number of anilines is 1. The minimum atomic E-state index is -0.422. The highest BCUT2D eigenvalue weighted by Gasteiger charge is 2.41. The fourth-order valence-electron chi connectivity index (χ4n) is 3.97. The molecule has 6 heteroatoms. The van der Waals surface area contributed by atoms with E-state index in [1.807, 2.05) is 30.3 Å². The van der Waals surface area contributed by atoms with Gasteiger partial charge in [-0.3, -0.25) is 9.59 Å². The van der Waals surface area contributed by atoms with Gasteiger partial charge in [0, 0.05) is 18.3 Å². The maximum atomic E-state index is 12.9. The molecule has 1 saturated heterocycles. The van der Waals surface area contributed by atoms with Crippen molar-refractivity contribution in [2.75, 3.05) is 25.5 Å². The third kappa shape index (κ3) is 5.46. The Kier molecular flexibility index (Phi) is 7.91. The van der Waals surface area contributed by atoms with Gasteiger partial charge in [0.25, 0.3) is 6.47 Å². The van der Waals surface area contributed by atoms with E-state index in [2.05, 4.69) is 22.6 Å². The number of likely N-dealkylation sites (N-methyl/N-ethyl adjacent to an activating group) is 1. The normalized spacial score (nSPS) is 22.0. The van der Waals surface area contributed by atoms with Crippen LogP contribution in [0.25, 0.3) is 0 Å². The Hall–Kier alpha value is -2.08. The number of carbonyl (C=O) groups excluding carboxylic acids is 1. The first-order chi connectivity index (χ1) is 12.6. The van der Waals surface area contributed by atoms with Crippen molar-refractivity contribution in [1.29, 1.82) is 0 Å². The van der Waals surface area contributed by atoms with Gasteiger partial charge in [-0.15, -0.1) is 0 Å². The van der Waals surface area contributed by atoms with Crippen molar-refractivity contribution in [3.05, 3.63) is 30.3 Å². The van der Waals surface area contributed by atoms with E-state index < -0.39 is 5.54 Å². The first kappa shape index (κ1) is 20.2. The van der Waals surface area contributed by atoms with Gasteiger partial charge < -0.3 is 20.6 Å². The zero-order valence-corrected chi connectivity index (χ0v) is 15.6. The Bertz CT molecular complexity index is 559. The van der Waals surface area contributed by atoms with Gasteiger partial charge in [-0.05, 0) is 51.4 Å². The van der Waals surface area contributed by atoms with Crippen LogP contribution in [0.15, 0.2) is 30.3 Å². The van der Waals surface area contributed by atoms with E-state index in [-0.39, 0.29) is 12.4 Å². The van der Waals surface area contributed by atoms with Gasteiger partial charge >= 0.3 is 0 Å². The Morgan fingerprint density at radius 1 is 1.23 bits per heavy atom. The van der Waals surface area contributed by atoms with Crippen molar-refractivity contribution in [1.82, 2.24) is 10.2 Å². The van der Waals surface area contributed by atoms with E-state index in [1.54, 1.807) is 0 Å². The van der Waals surface area contributed by atoms with Crippen LogP contribution >= 0.6 is 0 Å². The van der Waals surface area contributed by atoms with Crippen molar-refractivity contribution >= 4 is 18.1 Å². The fourth-order valence-corrected chi connectivity index (χ4v) is 3.97. The summed E-state index contributed by atoms with van der Waals surface area (Å²) in [7, 11) is 2.17. The average Bonchev–Trinajstić information content (AvgIpc) is 3.12. The number of para-hydroxylation sites is 1. The molecule has 1 amide bonds. The zero-order chi connectivity index (χ0) is 18.8. The summed E-state index contributed by atoms with van der Waals surface area (Å²) in [5.74, 6) is 0.179. The minimum absolute atomic E-state index is 0.179. The van der Waals surface area contributed by atoms with Crippen LogP contribution in [0.1, 0.15) is 44.9 Å². The molecule has 1 saturated carbocycles. The van der Waals surface area contributed by atoms with Gasteiger partial charge in [-0.2, -0.15) is 0 Å². The van der Waals surface area contributed by atoms with Crippen LogP contribution in [0.3, 0.4) is 0 Å². The van der Waals surface area contributed by atoms with E-state index >= 15 is 0 Å². The second-order valence-electron chi connectivity index (χ2n) is 7.23. The SMILES string of the molecule is CN1CCCCC1CNC(=O)C1(Nc2ccccc2)CCCC1.O=CO. The van der Waals surface area contributed by atoms with Crippen LogP contribution in [0.4, 0.5) is 5.69 Å². The van der Waals surface area contributed by atoms with E-state index in [9.17, 15) is 4.79 Å². The molecule has 2 fully saturated rings. The van der Waals surface area contributed by atoms with Gasteiger partial charge in [0.15, 0.2) is 0 Å². The largest absolute Gasteiger partial charge is 0.483 e. The lowest BCUT2D eigenvalue weighted by molar-refractivity contribution is -0.125. The topological polar surface area (TPSA) is 81.7 Å². The molecule has 1 heterocycles. The smallest absolute Gasteiger partial charge is 0.290 e. The highest BCUT2D eigenvalue weighted by molar-refractivity contribution is 5.89. The first-order valence-electron chi connectivity index (χ1n) is 9.51. The van der Waals surface area contributed by atoms with Crippen LogP contribution in [-0.2, 0) is 9.59 Å². The first-order valence-corrected chi connectivity index (χ1v) is 9.51. The molecule has 26 heavy (non-hydrogen) atoms. The van der Waals surface area contributed by atoms with E-state index in [0.29, 0.717) is 6.04 Å². The molecule has 0 aromatic heterocycles. The number of nitrogens with one attached hydrogen (secondary N) is 2. The van der Waals surface area contributed by atoms with Crippen LogP contribution in [-0.4, -0.2) is 54.1 Å². The molecule has 1 aromatic carbocycles. The van der Waals surface area contributed by atoms with Crippen LogP contribution in [0.5, 0.6) is 0 Å². The summed E-state index contributed by atoms with van der Waals surface area (Å²) < 4.78 is 0. The number of hydrogen-bond donors (Lipinski definition) is 3. The standard InChI is InChI=1S/C19H29N3O.CH2O2/c1-22-14-8-5-11-17(22)15-20-18(23)19(12-6-7-13-19)21-16-9-3-2-4-10-16;2-1-3/h2-4,9-10,17,21H,5-8,11-15H2,1H3,(H,20,23);1H,(H,2,3). The van der Waals surface area contributed by atoms with E-state index in [4.69, 9.17) is 9.90 Å². The summed E-state index contributed by atoms with van der Waals surface area (Å²) in [4.78, 5) is 23.7. The number of nitrogens with zero attached hydrogens (tertiary/aromatic N) is 1. The predicted molar refractivity (Wildman–Crippen MR) is 103 cm³/mol.